The number of carbonyl (C=O) groups excluding carboxylic acids is 1. The van der Waals surface area contributed by atoms with Gasteiger partial charge in [0.25, 0.3) is 0 Å². The molecule has 0 spiro atoms. The number of piperazine rings is 1. The third-order valence-corrected chi connectivity index (χ3v) is 5.37. The number of halogens is 1. The van der Waals surface area contributed by atoms with Crippen molar-refractivity contribution in [1.82, 2.24) is 20.0 Å². The van der Waals surface area contributed by atoms with Crippen molar-refractivity contribution in [3.8, 4) is 0 Å². The van der Waals surface area contributed by atoms with Gasteiger partial charge in [0, 0.05) is 44.8 Å². The lowest BCUT2D eigenvalue weighted by atomic mass is 10.1. The van der Waals surface area contributed by atoms with E-state index in [4.69, 9.17) is 0 Å². The van der Waals surface area contributed by atoms with E-state index in [1.165, 1.54) is 4.88 Å². The van der Waals surface area contributed by atoms with E-state index in [0.29, 0.717) is 19.0 Å². The predicted molar refractivity (Wildman–Crippen MR) is 121 cm³/mol. The van der Waals surface area contributed by atoms with Crippen molar-refractivity contribution in [3.63, 3.8) is 0 Å². The zero-order chi connectivity index (χ0) is 18.5. The Morgan fingerprint density at radius 3 is 2.85 bits per heavy atom. The summed E-state index contributed by atoms with van der Waals surface area (Å²) in [6.45, 7) is 4.77. The van der Waals surface area contributed by atoms with Gasteiger partial charge in [-0.15, -0.1) is 35.3 Å². The summed E-state index contributed by atoms with van der Waals surface area (Å²) in [6.07, 6.45) is 4.65. The first-order valence-corrected chi connectivity index (χ1v) is 9.71. The molecular weight excluding hydrogens is 475 g/mol. The highest BCUT2D eigenvalue weighted by Crippen LogP contribution is 2.16. The zero-order valence-corrected chi connectivity index (χ0v) is 19.1. The minimum atomic E-state index is 0. The van der Waals surface area contributed by atoms with E-state index >= 15 is 0 Å². The van der Waals surface area contributed by atoms with Crippen LogP contribution < -0.4 is 10.2 Å². The van der Waals surface area contributed by atoms with Gasteiger partial charge in [-0.2, -0.15) is 5.10 Å². The molecule has 148 valence electrons. The number of thiophene rings is 1. The Bertz CT molecular complexity index is 760. The largest absolute Gasteiger partial charge is 0.356 e. The van der Waals surface area contributed by atoms with Crippen LogP contribution in [0.15, 0.2) is 34.9 Å². The fourth-order valence-electron chi connectivity index (χ4n) is 3.12. The molecule has 1 fully saturated rings. The van der Waals surface area contributed by atoms with Gasteiger partial charge >= 0.3 is 0 Å². The lowest BCUT2D eigenvalue weighted by molar-refractivity contribution is -0.120. The Hall–Kier alpha value is -1.62. The van der Waals surface area contributed by atoms with Crippen LogP contribution in [0.25, 0.3) is 0 Å². The van der Waals surface area contributed by atoms with Gasteiger partial charge in [-0.1, -0.05) is 13.0 Å². The van der Waals surface area contributed by atoms with Crippen LogP contribution in [0, 0.1) is 5.92 Å². The Labute approximate surface area is 181 Å². The fourth-order valence-corrected chi connectivity index (χ4v) is 3.99. The molecule has 1 aliphatic heterocycles. The van der Waals surface area contributed by atoms with E-state index in [1.54, 1.807) is 34.2 Å². The van der Waals surface area contributed by atoms with Gasteiger partial charge in [0.05, 0.1) is 11.9 Å². The average Bonchev–Trinajstić information content (AvgIpc) is 3.27. The Morgan fingerprint density at radius 2 is 2.26 bits per heavy atom. The molecule has 1 amide bonds. The van der Waals surface area contributed by atoms with Crippen molar-refractivity contribution >= 4 is 52.9 Å². The number of hydrogen-bond donors (Lipinski definition) is 1. The number of aryl methyl sites for hydroxylation is 1. The number of hydrogen-bond acceptors (Lipinski definition) is 4. The number of nitrogens with one attached hydrogen (secondary N) is 1. The summed E-state index contributed by atoms with van der Waals surface area (Å²) in [5, 5.41) is 9.69. The third kappa shape index (κ3) is 5.68. The molecule has 0 bridgehead atoms. The van der Waals surface area contributed by atoms with Crippen molar-refractivity contribution in [3.05, 3.63) is 34.8 Å². The Morgan fingerprint density at radius 1 is 1.44 bits per heavy atom. The average molecular weight is 502 g/mol. The number of rotatable bonds is 5. The summed E-state index contributed by atoms with van der Waals surface area (Å²) in [4.78, 5) is 22.1. The number of guanidine groups is 1. The maximum atomic E-state index is 12.6. The molecule has 0 aromatic carbocycles. The number of amides is 1. The molecule has 1 aliphatic rings. The molecule has 1 atom stereocenters. The van der Waals surface area contributed by atoms with E-state index in [1.807, 2.05) is 18.1 Å². The maximum absolute atomic E-state index is 12.6. The summed E-state index contributed by atoms with van der Waals surface area (Å²) in [7, 11) is 3.62. The molecule has 2 aromatic heterocycles. The van der Waals surface area contributed by atoms with Crippen molar-refractivity contribution in [1.29, 1.82) is 0 Å². The molecule has 0 radical (unpaired) electrons. The van der Waals surface area contributed by atoms with Crippen LogP contribution in [0.1, 0.15) is 11.8 Å². The number of carbonyl (C=O) groups is 1. The van der Waals surface area contributed by atoms with E-state index in [2.05, 4.69) is 39.8 Å². The lowest BCUT2D eigenvalue weighted by Crippen LogP contribution is -2.55. The summed E-state index contributed by atoms with van der Waals surface area (Å²) >= 11 is 1.79. The second-order valence-corrected chi connectivity index (χ2v) is 7.69. The van der Waals surface area contributed by atoms with Gasteiger partial charge in [-0.25, -0.2) is 0 Å². The van der Waals surface area contributed by atoms with Crippen LogP contribution in [0.2, 0.25) is 0 Å². The summed E-state index contributed by atoms with van der Waals surface area (Å²) in [5.74, 6) is 1.36. The Kier molecular flexibility index (Phi) is 8.08. The molecule has 9 heteroatoms. The molecule has 0 aliphatic carbocycles. The first kappa shape index (κ1) is 21.7. The van der Waals surface area contributed by atoms with Crippen LogP contribution in [0.4, 0.5) is 5.69 Å². The number of anilines is 1. The standard InChI is InChI=1S/C18H26N6OS.HI/c1-14(9-16-5-4-8-26-16)10-20-18(19-2)23-6-7-24(17(25)13-23)15-11-21-22(3)12-15;/h4-5,8,11-12,14H,6-7,9-10,13H2,1-3H3,(H,19,20);1H. The van der Waals surface area contributed by atoms with Crippen LogP contribution in [0.5, 0.6) is 0 Å². The summed E-state index contributed by atoms with van der Waals surface area (Å²) in [6, 6.07) is 4.26. The molecule has 27 heavy (non-hydrogen) atoms. The quantitative estimate of drug-likeness (QED) is 0.387. The van der Waals surface area contributed by atoms with Gasteiger partial charge in [0.15, 0.2) is 5.96 Å². The van der Waals surface area contributed by atoms with Gasteiger partial charge < -0.3 is 15.1 Å². The molecule has 0 saturated carbocycles. The maximum Gasteiger partial charge on any atom is 0.246 e. The summed E-state index contributed by atoms with van der Waals surface area (Å²) in [5.41, 5.74) is 0.852. The van der Waals surface area contributed by atoms with E-state index in [-0.39, 0.29) is 29.9 Å². The molecule has 1 N–H and O–H groups in total. The number of aromatic nitrogens is 2. The molecule has 7 nitrogen and oxygen atoms in total. The highest BCUT2D eigenvalue weighted by atomic mass is 127. The highest BCUT2D eigenvalue weighted by molar-refractivity contribution is 14.0. The lowest BCUT2D eigenvalue weighted by Gasteiger charge is -2.35. The monoisotopic (exact) mass is 502 g/mol. The van der Waals surface area contributed by atoms with E-state index in [9.17, 15) is 4.79 Å². The normalized spacial score (nSPS) is 16.3. The first-order chi connectivity index (χ1) is 12.6. The molecule has 1 saturated heterocycles. The van der Waals surface area contributed by atoms with Crippen molar-refractivity contribution in [2.24, 2.45) is 18.0 Å². The van der Waals surface area contributed by atoms with Crippen molar-refractivity contribution < 1.29 is 4.79 Å². The minimum absolute atomic E-state index is 0. The number of nitrogens with zero attached hydrogens (tertiary/aromatic N) is 5. The topological polar surface area (TPSA) is 65.8 Å². The van der Waals surface area contributed by atoms with Gasteiger partial charge in [-0.05, 0) is 23.8 Å². The van der Waals surface area contributed by atoms with Crippen molar-refractivity contribution in [2.75, 3.05) is 38.1 Å². The van der Waals surface area contributed by atoms with Crippen LogP contribution in [0.3, 0.4) is 0 Å². The number of aliphatic imine (C=N–C) groups is 1. The molecule has 2 aromatic rings. The first-order valence-electron chi connectivity index (χ1n) is 8.84. The Balaban J connectivity index is 0.00000261. The fraction of sp³-hybridized carbons (Fsp3) is 0.500. The van der Waals surface area contributed by atoms with Gasteiger partial charge in [0.2, 0.25) is 5.91 Å². The SMILES string of the molecule is CN=C(NCC(C)Cc1cccs1)N1CCN(c2cnn(C)c2)C(=O)C1.I. The molecule has 3 heterocycles. The van der Waals surface area contributed by atoms with Crippen molar-refractivity contribution in [2.45, 2.75) is 13.3 Å². The van der Waals surface area contributed by atoms with Crippen LogP contribution >= 0.6 is 35.3 Å². The molecular formula is C18H27IN6OS. The molecule has 1 unspecified atom stereocenters. The van der Waals surface area contributed by atoms with Gasteiger partial charge in [-0.3, -0.25) is 14.5 Å². The molecule has 3 rings (SSSR count). The van der Waals surface area contributed by atoms with Gasteiger partial charge in [0.1, 0.15) is 6.54 Å². The van der Waals surface area contributed by atoms with E-state index in [0.717, 1.165) is 31.2 Å². The summed E-state index contributed by atoms with van der Waals surface area (Å²) < 4.78 is 1.71. The van der Waals surface area contributed by atoms with E-state index < -0.39 is 0 Å². The second-order valence-electron chi connectivity index (χ2n) is 6.66. The smallest absolute Gasteiger partial charge is 0.246 e. The van der Waals surface area contributed by atoms with Crippen LogP contribution in [-0.2, 0) is 18.3 Å². The zero-order valence-electron chi connectivity index (χ0n) is 16.0. The second kappa shape index (κ2) is 10.1. The van der Waals surface area contributed by atoms with Crippen LogP contribution in [-0.4, -0.2) is 59.8 Å². The highest BCUT2D eigenvalue weighted by Gasteiger charge is 2.27. The predicted octanol–water partition coefficient (Wildman–Crippen LogP) is 2.20. The minimum Gasteiger partial charge on any atom is -0.356 e. The third-order valence-electron chi connectivity index (χ3n) is 4.47.